The largest absolute Gasteiger partial charge is 0.481 e. The maximum atomic E-state index is 12.5. The molecule has 5 N–H and O–H groups in total. The number of hydrogen-bond donors (Lipinski definition) is 3. The summed E-state index contributed by atoms with van der Waals surface area (Å²) in [4.78, 5) is 36.5. The van der Waals surface area contributed by atoms with E-state index in [0.29, 0.717) is 0 Å². The summed E-state index contributed by atoms with van der Waals surface area (Å²) in [6.45, 7) is 0. The van der Waals surface area contributed by atoms with E-state index in [1.807, 2.05) is 0 Å². The number of nitrogens with two attached hydrogens (primary N) is 2. The fourth-order valence-corrected chi connectivity index (χ4v) is 2.27. The van der Waals surface area contributed by atoms with Crippen LogP contribution in [0, 0.1) is 5.92 Å². The van der Waals surface area contributed by atoms with E-state index in [9.17, 15) is 19.5 Å². The Hall–Kier alpha value is -2.83. The highest BCUT2D eigenvalue weighted by atomic mass is 16.4. The average Bonchev–Trinajstić information content (AvgIpc) is 2.55. The SMILES string of the molecule is NC(N)(C(=O)c1ccccc1)C(C(=O)O)C(=O)c1ccccc1. The number of carbonyl (C=O) groups is 3. The Balaban J connectivity index is 2.42. The molecule has 0 aliphatic rings. The van der Waals surface area contributed by atoms with Crippen LogP contribution in [0.5, 0.6) is 0 Å². The van der Waals surface area contributed by atoms with Crippen molar-refractivity contribution in [1.82, 2.24) is 0 Å². The molecule has 0 bridgehead atoms. The Morgan fingerprint density at radius 2 is 1.26 bits per heavy atom. The first-order chi connectivity index (χ1) is 10.9. The maximum absolute atomic E-state index is 12.5. The first kappa shape index (κ1) is 16.5. The highest BCUT2D eigenvalue weighted by Gasteiger charge is 2.48. The van der Waals surface area contributed by atoms with Gasteiger partial charge in [-0.2, -0.15) is 0 Å². The lowest BCUT2D eigenvalue weighted by Gasteiger charge is -2.28. The third-order valence-electron chi connectivity index (χ3n) is 3.47. The summed E-state index contributed by atoms with van der Waals surface area (Å²) in [7, 11) is 0. The summed E-state index contributed by atoms with van der Waals surface area (Å²) in [5.74, 6) is -5.06. The molecule has 2 aromatic rings. The monoisotopic (exact) mass is 312 g/mol. The summed E-state index contributed by atoms with van der Waals surface area (Å²) in [6, 6.07) is 15.5. The fraction of sp³-hybridized carbons (Fsp3) is 0.118. The van der Waals surface area contributed by atoms with Crippen LogP contribution in [0.4, 0.5) is 0 Å². The molecule has 1 atom stereocenters. The van der Waals surface area contributed by atoms with Gasteiger partial charge in [-0.1, -0.05) is 60.7 Å². The zero-order valence-electron chi connectivity index (χ0n) is 12.2. The van der Waals surface area contributed by atoms with Gasteiger partial charge in [0.05, 0.1) is 0 Å². The molecule has 0 heterocycles. The van der Waals surface area contributed by atoms with E-state index in [-0.39, 0.29) is 11.1 Å². The molecule has 0 radical (unpaired) electrons. The Kier molecular flexibility index (Phi) is 4.68. The van der Waals surface area contributed by atoms with Gasteiger partial charge in [-0.3, -0.25) is 14.4 Å². The predicted molar refractivity (Wildman–Crippen MR) is 83.8 cm³/mol. The van der Waals surface area contributed by atoms with Gasteiger partial charge in [0, 0.05) is 11.1 Å². The highest BCUT2D eigenvalue weighted by molar-refractivity contribution is 6.16. The molecule has 0 aromatic heterocycles. The summed E-state index contributed by atoms with van der Waals surface area (Å²) in [5, 5.41) is 9.40. The quantitative estimate of drug-likeness (QED) is 0.416. The molecule has 118 valence electrons. The standard InChI is InChI=1S/C17H16N2O4/c18-17(19,15(21)12-9-5-2-6-10-12)13(16(22)23)14(20)11-7-3-1-4-8-11/h1-10,13H,18-19H2,(H,22,23). The molecule has 0 aliphatic carbocycles. The first-order valence-electron chi connectivity index (χ1n) is 6.85. The van der Waals surface area contributed by atoms with Crippen LogP contribution in [0.2, 0.25) is 0 Å². The third-order valence-corrected chi connectivity index (χ3v) is 3.47. The van der Waals surface area contributed by atoms with Crippen molar-refractivity contribution < 1.29 is 19.5 Å². The summed E-state index contributed by atoms with van der Waals surface area (Å²) in [5.41, 5.74) is 9.51. The Morgan fingerprint density at radius 1 is 0.826 bits per heavy atom. The van der Waals surface area contributed by atoms with Crippen molar-refractivity contribution in [1.29, 1.82) is 0 Å². The summed E-state index contributed by atoms with van der Waals surface area (Å²) in [6.07, 6.45) is 0. The molecular formula is C17H16N2O4. The second kappa shape index (κ2) is 6.51. The van der Waals surface area contributed by atoms with Gasteiger partial charge < -0.3 is 16.6 Å². The van der Waals surface area contributed by atoms with Crippen molar-refractivity contribution in [3.8, 4) is 0 Å². The minimum atomic E-state index is -2.36. The zero-order valence-corrected chi connectivity index (χ0v) is 12.2. The number of carboxylic acids is 1. The predicted octanol–water partition coefficient (Wildman–Crippen LogP) is 1.07. The molecule has 0 spiro atoms. The second-order valence-electron chi connectivity index (χ2n) is 5.13. The number of Topliss-reactive ketones (excluding diaryl/α,β-unsaturated/α-hetero) is 2. The van der Waals surface area contributed by atoms with Gasteiger partial charge in [0.25, 0.3) is 0 Å². The van der Waals surface area contributed by atoms with E-state index < -0.39 is 29.1 Å². The van der Waals surface area contributed by atoms with Crippen molar-refractivity contribution >= 4 is 17.5 Å². The van der Waals surface area contributed by atoms with E-state index in [2.05, 4.69) is 0 Å². The van der Waals surface area contributed by atoms with Crippen molar-refractivity contribution in [2.45, 2.75) is 5.66 Å². The van der Waals surface area contributed by atoms with Crippen LogP contribution in [0.3, 0.4) is 0 Å². The topological polar surface area (TPSA) is 123 Å². The number of rotatable bonds is 6. The van der Waals surface area contributed by atoms with Crippen molar-refractivity contribution in [2.75, 3.05) is 0 Å². The molecular weight excluding hydrogens is 296 g/mol. The van der Waals surface area contributed by atoms with Crippen molar-refractivity contribution in [3.05, 3.63) is 71.8 Å². The Bertz CT molecular complexity index is 727. The van der Waals surface area contributed by atoms with Crippen molar-refractivity contribution in [2.24, 2.45) is 17.4 Å². The van der Waals surface area contributed by atoms with E-state index in [0.717, 1.165) is 0 Å². The fourth-order valence-electron chi connectivity index (χ4n) is 2.27. The molecule has 1 unspecified atom stereocenters. The number of hydrogen-bond acceptors (Lipinski definition) is 5. The van der Waals surface area contributed by atoms with Crippen LogP contribution in [-0.2, 0) is 4.79 Å². The van der Waals surface area contributed by atoms with E-state index >= 15 is 0 Å². The van der Waals surface area contributed by atoms with Gasteiger partial charge in [0.1, 0.15) is 5.66 Å². The van der Waals surface area contributed by atoms with E-state index in [1.54, 1.807) is 36.4 Å². The lowest BCUT2D eigenvalue weighted by Crippen LogP contribution is -2.65. The Morgan fingerprint density at radius 3 is 1.70 bits per heavy atom. The molecule has 0 saturated heterocycles. The smallest absolute Gasteiger partial charge is 0.318 e. The maximum Gasteiger partial charge on any atom is 0.318 e. The molecule has 2 rings (SSSR count). The van der Waals surface area contributed by atoms with Crippen LogP contribution in [0.15, 0.2) is 60.7 Å². The lowest BCUT2D eigenvalue weighted by atomic mass is 9.82. The van der Waals surface area contributed by atoms with Crippen LogP contribution in [-0.4, -0.2) is 28.3 Å². The van der Waals surface area contributed by atoms with Gasteiger partial charge in [-0.15, -0.1) is 0 Å². The van der Waals surface area contributed by atoms with Gasteiger partial charge in [-0.05, 0) is 0 Å². The van der Waals surface area contributed by atoms with Gasteiger partial charge >= 0.3 is 5.97 Å². The lowest BCUT2D eigenvalue weighted by molar-refractivity contribution is -0.141. The molecule has 0 aliphatic heterocycles. The van der Waals surface area contributed by atoms with Crippen molar-refractivity contribution in [3.63, 3.8) is 0 Å². The number of carbonyl (C=O) groups excluding carboxylic acids is 2. The highest BCUT2D eigenvalue weighted by Crippen LogP contribution is 2.21. The molecule has 23 heavy (non-hydrogen) atoms. The van der Waals surface area contributed by atoms with Gasteiger partial charge in [0.15, 0.2) is 17.5 Å². The zero-order chi connectivity index (χ0) is 17.0. The van der Waals surface area contributed by atoms with Crippen LogP contribution in [0.1, 0.15) is 20.7 Å². The molecule has 0 fully saturated rings. The third kappa shape index (κ3) is 3.33. The van der Waals surface area contributed by atoms with E-state index in [1.165, 1.54) is 24.3 Å². The van der Waals surface area contributed by atoms with E-state index in [4.69, 9.17) is 11.5 Å². The molecule has 0 amide bonds. The first-order valence-corrected chi connectivity index (χ1v) is 6.85. The normalized spacial score (nSPS) is 12.4. The second-order valence-corrected chi connectivity index (χ2v) is 5.13. The van der Waals surface area contributed by atoms with Crippen LogP contribution in [0.25, 0.3) is 0 Å². The number of ketones is 2. The van der Waals surface area contributed by atoms with Gasteiger partial charge in [-0.25, -0.2) is 0 Å². The molecule has 2 aromatic carbocycles. The molecule has 0 saturated carbocycles. The van der Waals surface area contributed by atoms with Crippen LogP contribution >= 0.6 is 0 Å². The average molecular weight is 312 g/mol. The number of aliphatic carboxylic acids is 1. The summed E-state index contributed by atoms with van der Waals surface area (Å²) < 4.78 is 0. The number of benzene rings is 2. The van der Waals surface area contributed by atoms with Crippen LogP contribution < -0.4 is 11.5 Å². The Labute approximate surface area is 132 Å². The summed E-state index contributed by atoms with van der Waals surface area (Å²) >= 11 is 0. The minimum absolute atomic E-state index is 0.126. The minimum Gasteiger partial charge on any atom is -0.481 e. The van der Waals surface area contributed by atoms with Gasteiger partial charge in [0.2, 0.25) is 0 Å². The molecule has 6 nitrogen and oxygen atoms in total. The number of carboxylic acid groups (broad SMARTS) is 1. The molecule has 6 heteroatoms.